The summed E-state index contributed by atoms with van der Waals surface area (Å²) in [4.78, 5) is 14.2. The topological polar surface area (TPSA) is 41.6 Å². The number of hydrogen-bond acceptors (Lipinski definition) is 3. The molecule has 0 aliphatic carbocycles. The maximum Gasteiger partial charge on any atom is 0.222 e. The lowest BCUT2D eigenvalue weighted by Gasteiger charge is -2.17. The predicted octanol–water partition coefficient (Wildman–Crippen LogP) is 2.83. The van der Waals surface area contributed by atoms with Crippen LogP contribution in [-0.4, -0.2) is 43.6 Å². The van der Waals surface area contributed by atoms with Gasteiger partial charge in [0, 0.05) is 37.6 Å². The van der Waals surface area contributed by atoms with Crippen LogP contribution >= 0.6 is 23.2 Å². The highest BCUT2D eigenvalue weighted by molar-refractivity contribution is 6.35. The van der Waals surface area contributed by atoms with Gasteiger partial charge in [-0.3, -0.25) is 4.79 Å². The highest BCUT2D eigenvalue weighted by atomic mass is 35.5. The molecule has 2 atom stereocenters. The molecular formula is C16H20Cl2N2O2. The number of amides is 1. The standard InChI is InChI=1S/C16H20Cl2N2O2/c17-13-3-4-15(14(18)6-13)22-5-1-2-16(21)20-9-11-7-19-8-12(11)10-20/h3-4,6,11-12,19H,1-2,5,7-10H2/t11-,12+. The Morgan fingerprint density at radius 1 is 1.27 bits per heavy atom. The number of rotatable bonds is 5. The van der Waals surface area contributed by atoms with E-state index in [2.05, 4.69) is 5.32 Å². The van der Waals surface area contributed by atoms with Crippen LogP contribution in [0.15, 0.2) is 18.2 Å². The maximum atomic E-state index is 12.2. The molecule has 1 aromatic carbocycles. The molecule has 6 heteroatoms. The van der Waals surface area contributed by atoms with Crippen molar-refractivity contribution in [1.82, 2.24) is 10.2 Å². The largest absolute Gasteiger partial charge is 0.492 e. The predicted molar refractivity (Wildman–Crippen MR) is 87.6 cm³/mol. The Hall–Kier alpha value is -0.970. The smallest absolute Gasteiger partial charge is 0.222 e. The third-order valence-electron chi connectivity index (χ3n) is 4.43. The van der Waals surface area contributed by atoms with E-state index >= 15 is 0 Å². The van der Waals surface area contributed by atoms with Crippen molar-refractivity contribution in [2.24, 2.45) is 11.8 Å². The third kappa shape index (κ3) is 3.67. The number of halogens is 2. The molecule has 0 unspecified atom stereocenters. The SMILES string of the molecule is O=C(CCCOc1ccc(Cl)cc1Cl)N1C[C@H]2CNC[C@H]2C1. The van der Waals surface area contributed by atoms with Crippen molar-refractivity contribution in [2.75, 3.05) is 32.8 Å². The minimum atomic E-state index is 0.236. The fraction of sp³-hybridized carbons (Fsp3) is 0.562. The Balaban J connectivity index is 1.39. The summed E-state index contributed by atoms with van der Waals surface area (Å²) in [6.07, 6.45) is 1.22. The molecule has 2 fully saturated rings. The highest BCUT2D eigenvalue weighted by Gasteiger charge is 2.37. The Bertz CT molecular complexity index is 541. The fourth-order valence-corrected chi connectivity index (χ4v) is 3.68. The van der Waals surface area contributed by atoms with Crippen molar-refractivity contribution >= 4 is 29.1 Å². The van der Waals surface area contributed by atoms with Crippen LogP contribution in [0.3, 0.4) is 0 Å². The van der Waals surface area contributed by atoms with Crippen LogP contribution in [0.4, 0.5) is 0 Å². The third-order valence-corrected chi connectivity index (χ3v) is 4.96. The molecule has 0 radical (unpaired) electrons. The van der Waals surface area contributed by atoms with E-state index in [9.17, 15) is 4.79 Å². The molecular weight excluding hydrogens is 323 g/mol. The van der Waals surface area contributed by atoms with E-state index in [4.69, 9.17) is 27.9 Å². The molecule has 0 bridgehead atoms. The highest BCUT2D eigenvalue weighted by Crippen LogP contribution is 2.28. The number of hydrogen-bond donors (Lipinski definition) is 1. The minimum Gasteiger partial charge on any atom is -0.492 e. The first-order valence-corrected chi connectivity index (χ1v) is 8.45. The van der Waals surface area contributed by atoms with Crippen LogP contribution in [-0.2, 0) is 4.79 Å². The first-order chi connectivity index (χ1) is 10.6. The number of ether oxygens (including phenoxy) is 1. The molecule has 3 rings (SSSR count). The molecule has 4 nitrogen and oxygen atoms in total. The zero-order chi connectivity index (χ0) is 15.5. The van der Waals surface area contributed by atoms with Crippen LogP contribution in [0.2, 0.25) is 10.0 Å². The first-order valence-electron chi connectivity index (χ1n) is 7.70. The van der Waals surface area contributed by atoms with Crippen LogP contribution in [0.25, 0.3) is 0 Å². The molecule has 0 spiro atoms. The summed E-state index contributed by atoms with van der Waals surface area (Å²) in [6.45, 7) is 4.38. The average molecular weight is 343 g/mol. The quantitative estimate of drug-likeness (QED) is 0.836. The van der Waals surface area contributed by atoms with Gasteiger partial charge in [-0.25, -0.2) is 0 Å². The molecule has 2 aliphatic heterocycles. The number of carbonyl (C=O) groups excluding carboxylic acids is 1. The summed E-state index contributed by atoms with van der Waals surface area (Å²) < 4.78 is 5.61. The first kappa shape index (κ1) is 15.9. The van der Waals surface area contributed by atoms with Gasteiger partial charge in [-0.2, -0.15) is 0 Å². The van der Waals surface area contributed by atoms with E-state index in [1.165, 1.54) is 0 Å². The van der Waals surface area contributed by atoms with Crippen molar-refractivity contribution < 1.29 is 9.53 Å². The number of nitrogens with one attached hydrogen (secondary N) is 1. The van der Waals surface area contributed by atoms with E-state index in [1.807, 2.05) is 4.90 Å². The van der Waals surface area contributed by atoms with Gasteiger partial charge < -0.3 is 15.0 Å². The van der Waals surface area contributed by atoms with Gasteiger partial charge in [0.05, 0.1) is 11.6 Å². The Morgan fingerprint density at radius 2 is 2.00 bits per heavy atom. The van der Waals surface area contributed by atoms with Crippen LogP contribution < -0.4 is 10.1 Å². The zero-order valence-electron chi connectivity index (χ0n) is 12.4. The number of nitrogens with zero attached hydrogens (tertiary/aromatic N) is 1. The summed E-state index contributed by atoms with van der Waals surface area (Å²) in [6, 6.07) is 5.15. The van der Waals surface area contributed by atoms with E-state index in [1.54, 1.807) is 18.2 Å². The van der Waals surface area contributed by atoms with Gasteiger partial charge in [0.1, 0.15) is 5.75 Å². The average Bonchev–Trinajstić information content (AvgIpc) is 3.06. The van der Waals surface area contributed by atoms with E-state index in [0.717, 1.165) is 26.2 Å². The second-order valence-electron chi connectivity index (χ2n) is 6.00. The summed E-state index contributed by atoms with van der Waals surface area (Å²) in [5, 5.41) is 4.47. The van der Waals surface area contributed by atoms with E-state index in [0.29, 0.717) is 47.1 Å². The second-order valence-corrected chi connectivity index (χ2v) is 6.85. The van der Waals surface area contributed by atoms with Crippen molar-refractivity contribution in [3.8, 4) is 5.75 Å². The minimum absolute atomic E-state index is 0.236. The molecule has 120 valence electrons. The van der Waals surface area contributed by atoms with Gasteiger partial charge in [-0.15, -0.1) is 0 Å². The van der Waals surface area contributed by atoms with Gasteiger partial charge in [-0.1, -0.05) is 23.2 Å². The summed E-state index contributed by atoms with van der Waals surface area (Å²) in [5.41, 5.74) is 0. The number of benzene rings is 1. The van der Waals surface area contributed by atoms with Gasteiger partial charge in [0.15, 0.2) is 0 Å². The molecule has 2 saturated heterocycles. The Kier molecular flexibility index (Phi) is 5.11. The Labute approximate surface area is 140 Å². The summed E-state index contributed by atoms with van der Waals surface area (Å²) >= 11 is 11.9. The van der Waals surface area contributed by atoms with Crippen LogP contribution in [0.5, 0.6) is 5.75 Å². The molecule has 1 aromatic rings. The fourth-order valence-electron chi connectivity index (χ4n) is 3.21. The van der Waals surface area contributed by atoms with Gasteiger partial charge in [0.2, 0.25) is 5.91 Å². The maximum absolute atomic E-state index is 12.2. The molecule has 2 heterocycles. The molecule has 22 heavy (non-hydrogen) atoms. The van der Waals surface area contributed by atoms with E-state index in [-0.39, 0.29) is 5.91 Å². The molecule has 0 saturated carbocycles. The van der Waals surface area contributed by atoms with Crippen molar-refractivity contribution in [3.05, 3.63) is 28.2 Å². The van der Waals surface area contributed by atoms with E-state index < -0.39 is 0 Å². The lowest BCUT2D eigenvalue weighted by Crippen LogP contribution is -2.31. The van der Waals surface area contributed by atoms with Crippen LogP contribution in [0.1, 0.15) is 12.8 Å². The Morgan fingerprint density at radius 3 is 2.68 bits per heavy atom. The van der Waals surface area contributed by atoms with Crippen molar-refractivity contribution in [2.45, 2.75) is 12.8 Å². The van der Waals surface area contributed by atoms with Crippen molar-refractivity contribution in [3.63, 3.8) is 0 Å². The summed E-state index contributed by atoms with van der Waals surface area (Å²) in [5.74, 6) is 2.14. The normalized spacial score (nSPS) is 23.6. The number of likely N-dealkylation sites (tertiary alicyclic amines) is 1. The second kappa shape index (κ2) is 7.07. The molecule has 0 aromatic heterocycles. The summed E-state index contributed by atoms with van der Waals surface area (Å²) in [7, 11) is 0. The number of carbonyl (C=O) groups is 1. The lowest BCUT2D eigenvalue weighted by atomic mass is 10.0. The molecule has 1 amide bonds. The lowest BCUT2D eigenvalue weighted by molar-refractivity contribution is -0.130. The molecule has 2 aliphatic rings. The number of fused-ring (bicyclic) bond motifs is 1. The van der Waals surface area contributed by atoms with Gasteiger partial charge in [0.25, 0.3) is 0 Å². The van der Waals surface area contributed by atoms with Gasteiger partial charge >= 0.3 is 0 Å². The zero-order valence-corrected chi connectivity index (χ0v) is 13.9. The van der Waals surface area contributed by atoms with Crippen LogP contribution in [0, 0.1) is 11.8 Å². The monoisotopic (exact) mass is 342 g/mol. The van der Waals surface area contributed by atoms with Crippen molar-refractivity contribution in [1.29, 1.82) is 0 Å². The molecule has 1 N–H and O–H groups in total. The van der Waals surface area contributed by atoms with Gasteiger partial charge in [-0.05, 0) is 36.5 Å².